The van der Waals surface area contributed by atoms with Gasteiger partial charge in [0.1, 0.15) is 0 Å². The van der Waals surface area contributed by atoms with E-state index in [9.17, 15) is 0 Å². The molecule has 1 aromatic heterocycles. The van der Waals surface area contributed by atoms with Gasteiger partial charge in [-0.15, -0.1) is 0 Å². The number of rotatable bonds is 6. The average Bonchev–Trinajstić information content (AvgIpc) is 2.98. The van der Waals surface area contributed by atoms with Crippen LogP contribution < -0.4 is 0 Å². The fourth-order valence-corrected chi connectivity index (χ4v) is 2.79. The van der Waals surface area contributed by atoms with Gasteiger partial charge in [-0.05, 0) is 37.1 Å². The Labute approximate surface area is 123 Å². The molecule has 0 bridgehead atoms. The minimum absolute atomic E-state index is 0.485. The molecule has 0 radical (unpaired) electrons. The lowest BCUT2D eigenvalue weighted by Crippen LogP contribution is -2.24. The highest BCUT2D eigenvalue weighted by atomic mass is 16.5. The Morgan fingerprint density at radius 1 is 1.30 bits per heavy atom. The molecule has 3 nitrogen and oxygen atoms in total. The normalized spacial score (nSPS) is 19.2. The Bertz CT molecular complexity index is 421. The molecule has 1 aromatic rings. The molecule has 112 valence electrons. The summed E-state index contributed by atoms with van der Waals surface area (Å²) in [6.45, 7) is 13.7. The van der Waals surface area contributed by atoms with E-state index in [0.29, 0.717) is 11.8 Å². The molecular formula is C17H28N2O. The largest absolute Gasteiger partial charge is 0.381 e. The van der Waals surface area contributed by atoms with Crippen molar-refractivity contribution >= 4 is 0 Å². The van der Waals surface area contributed by atoms with Crippen molar-refractivity contribution in [2.24, 2.45) is 0 Å². The van der Waals surface area contributed by atoms with Crippen LogP contribution in [0.4, 0.5) is 0 Å². The van der Waals surface area contributed by atoms with Crippen LogP contribution in [-0.2, 0) is 11.3 Å². The number of ether oxygens (including phenoxy) is 1. The van der Waals surface area contributed by atoms with Crippen molar-refractivity contribution in [1.29, 1.82) is 0 Å². The van der Waals surface area contributed by atoms with Gasteiger partial charge in [0, 0.05) is 24.8 Å². The van der Waals surface area contributed by atoms with Crippen molar-refractivity contribution in [2.45, 2.75) is 52.5 Å². The van der Waals surface area contributed by atoms with Crippen LogP contribution in [0.5, 0.6) is 0 Å². The summed E-state index contributed by atoms with van der Waals surface area (Å²) in [6, 6.07) is 4.49. The van der Waals surface area contributed by atoms with Gasteiger partial charge in [-0.1, -0.05) is 33.8 Å². The minimum atomic E-state index is 0.485. The molecule has 2 heterocycles. The van der Waals surface area contributed by atoms with Crippen molar-refractivity contribution in [3.8, 4) is 0 Å². The van der Waals surface area contributed by atoms with Gasteiger partial charge in [0.15, 0.2) is 0 Å². The van der Waals surface area contributed by atoms with E-state index in [0.717, 1.165) is 39.3 Å². The van der Waals surface area contributed by atoms with Gasteiger partial charge in [0.05, 0.1) is 12.3 Å². The fraction of sp³-hybridized carbons (Fsp3) is 0.706. The molecule has 1 saturated heterocycles. The maximum atomic E-state index is 5.56. The van der Waals surface area contributed by atoms with E-state index in [1.54, 1.807) is 0 Å². The zero-order valence-corrected chi connectivity index (χ0v) is 13.4. The summed E-state index contributed by atoms with van der Waals surface area (Å²) >= 11 is 0. The monoisotopic (exact) mass is 276 g/mol. The first-order valence-electron chi connectivity index (χ1n) is 7.95. The number of nitrogens with zero attached hydrogens (tertiary/aromatic N) is 2. The van der Waals surface area contributed by atoms with Gasteiger partial charge < -0.3 is 4.74 Å². The molecular weight excluding hydrogens is 248 g/mol. The third-order valence-electron chi connectivity index (χ3n) is 4.26. The average molecular weight is 276 g/mol. The van der Waals surface area contributed by atoms with Crippen LogP contribution in [0.1, 0.15) is 62.9 Å². The molecule has 1 aliphatic heterocycles. The quantitative estimate of drug-likeness (QED) is 0.794. The minimum Gasteiger partial charge on any atom is -0.381 e. The van der Waals surface area contributed by atoms with E-state index in [4.69, 9.17) is 9.72 Å². The van der Waals surface area contributed by atoms with Crippen molar-refractivity contribution in [1.82, 2.24) is 9.88 Å². The van der Waals surface area contributed by atoms with E-state index in [1.807, 2.05) is 0 Å². The molecule has 1 atom stereocenters. The molecule has 2 rings (SSSR count). The molecule has 0 aromatic carbocycles. The lowest BCUT2D eigenvalue weighted by Gasteiger charge is -2.22. The Balaban J connectivity index is 2.29. The van der Waals surface area contributed by atoms with Crippen molar-refractivity contribution in [3.63, 3.8) is 0 Å². The van der Waals surface area contributed by atoms with Gasteiger partial charge >= 0.3 is 0 Å². The molecule has 0 aliphatic carbocycles. The zero-order valence-electron chi connectivity index (χ0n) is 13.4. The number of aromatic nitrogens is 1. The molecule has 3 heteroatoms. The summed E-state index contributed by atoms with van der Waals surface area (Å²) in [5.41, 5.74) is 3.86. The first kappa shape index (κ1) is 15.5. The Morgan fingerprint density at radius 3 is 2.60 bits per heavy atom. The first-order valence-corrected chi connectivity index (χ1v) is 7.95. The smallest absolute Gasteiger partial charge is 0.0583 e. The second-order valence-electron chi connectivity index (χ2n) is 5.95. The van der Waals surface area contributed by atoms with Crippen molar-refractivity contribution in [3.05, 3.63) is 29.1 Å². The highest BCUT2D eigenvalue weighted by Gasteiger charge is 2.22. The predicted octanol–water partition coefficient (Wildman–Crippen LogP) is 3.55. The number of hydrogen-bond donors (Lipinski definition) is 0. The SMILES string of the molecule is CCN(CC)Cc1nc(C(C)C)ccc1C1CCOC1. The van der Waals surface area contributed by atoms with Gasteiger partial charge in [-0.3, -0.25) is 9.88 Å². The van der Waals surface area contributed by atoms with Crippen LogP contribution in [0.2, 0.25) is 0 Å². The summed E-state index contributed by atoms with van der Waals surface area (Å²) in [4.78, 5) is 7.39. The summed E-state index contributed by atoms with van der Waals surface area (Å²) in [6.07, 6.45) is 1.13. The lowest BCUT2D eigenvalue weighted by molar-refractivity contribution is 0.193. The van der Waals surface area contributed by atoms with Crippen LogP contribution >= 0.6 is 0 Å². The predicted molar refractivity (Wildman–Crippen MR) is 83.1 cm³/mol. The number of pyridine rings is 1. The van der Waals surface area contributed by atoms with Gasteiger partial charge in [-0.25, -0.2) is 0 Å². The van der Waals surface area contributed by atoms with E-state index < -0.39 is 0 Å². The van der Waals surface area contributed by atoms with Crippen LogP contribution in [0.15, 0.2) is 12.1 Å². The molecule has 0 saturated carbocycles. The molecule has 20 heavy (non-hydrogen) atoms. The highest BCUT2D eigenvalue weighted by Crippen LogP contribution is 2.29. The zero-order chi connectivity index (χ0) is 14.5. The number of hydrogen-bond acceptors (Lipinski definition) is 3. The molecule has 1 aliphatic rings. The fourth-order valence-electron chi connectivity index (χ4n) is 2.79. The second kappa shape index (κ2) is 7.19. The van der Waals surface area contributed by atoms with Crippen LogP contribution in [0.25, 0.3) is 0 Å². The van der Waals surface area contributed by atoms with Gasteiger partial charge in [0.2, 0.25) is 0 Å². The van der Waals surface area contributed by atoms with E-state index >= 15 is 0 Å². The molecule has 0 amide bonds. The Hall–Kier alpha value is -0.930. The third kappa shape index (κ3) is 3.58. The van der Waals surface area contributed by atoms with E-state index in [2.05, 4.69) is 44.7 Å². The second-order valence-corrected chi connectivity index (χ2v) is 5.95. The molecule has 0 N–H and O–H groups in total. The summed E-state index contributed by atoms with van der Waals surface area (Å²) in [5.74, 6) is 1.02. The lowest BCUT2D eigenvalue weighted by atomic mass is 9.95. The highest BCUT2D eigenvalue weighted by molar-refractivity contribution is 5.28. The van der Waals surface area contributed by atoms with Gasteiger partial charge in [-0.2, -0.15) is 0 Å². The third-order valence-corrected chi connectivity index (χ3v) is 4.26. The van der Waals surface area contributed by atoms with E-state index in [-0.39, 0.29) is 0 Å². The molecule has 0 spiro atoms. The summed E-state index contributed by atoms with van der Waals surface area (Å²) in [5, 5.41) is 0. The maximum absolute atomic E-state index is 5.56. The van der Waals surface area contributed by atoms with Crippen molar-refractivity contribution in [2.75, 3.05) is 26.3 Å². The Morgan fingerprint density at radius 2 is 2.05 bits per heavy atom. The molecule has 1 fully saturated rings. The first-order chi connectivity index (χ1) is 9.65. The standard InChI is InChI=1S/C17H28N2O/c1-5-19(6-2)11-17-15(14-9-10-20-12-14)7-8-16(18-17)13(3)4/h7-8,13-14H,5-6,9-12H2,1-4H3. The topological polar surface area (TPSA) is 25.4 Å². The van der Waals surface area contributed by atoms with Crippen LogP contribution in [-0.4, -0.2) is 36.2 Å². The summed E-state index contributed by atoms with van der Waals surface area (Å²) in [7, 11) is 0. The van der Waals surface area contributed by atoms with Crippen molar-refractivity contribution < 1.29 is 4.74 Å². The summed E-state index contributed by atoms with van der Waals surface area (Å²) < 4.78 is 5.56. The van der Waals surface area contributed by atoms with Crippen LogP contribution in [0, 0.1) is 0 Å². The molecule has 1 unspecified atom stereocenters. The maximum Gasteiger partial charge on any atom is 0.0583 e. The Kier molecular flexibility index (Phi) is 5.55. The van der Waals surface area contributed by atoms with Gasteiger partial charge in [0.25, 0.3) is 0 Å². The van der Waals surface area contributed by atoms with E-state index in [1.165, 1.54) is 17.0 Å². The van der Waals surface area contributed by atoms with Crippen LogP contribution in [0.3, 0.4) is 0 Å².